The van der Waals surface area contributed by atoms with Crippen LogP contribution in [0.3, 0.4) is 0 Å². The van der Waals surface area contributed by atoms with E-state index >= 15 is 0 Å². The van der Waals surface area contributed by atoms with Gasteiger partial charge in [0.2, 0.25) is 9.84 Å². The molecule has 0 spiro atoms. The lowest BCUT2D eigenvalue weighted by Crippen LogP contribution is -2.15. The zero-order chi connectivity index (χ0) is 33.1. The second-order valence-corrected chi connectivity index (χ2v) is 11.2. The third-order valence-electron chi connectivity index (χ3n) is 6.33. The number of hydrogen-bond acceptors (Lipinski definition) is 8. The first-order chi connectivity index (χ1) is 21.2. The van der Waals surface area contributed by atoms with E-state index in [1.807, 2.05) is 0 Å². The molecule has 0 aliphatic rings. The lowest BCUT2D eigenvalue weighted by atomic mass is 10.0. The Labute approximate surface area is 253 Å². The molecule has 0 aliphatic heterocycles. The third kappa shape index (κ3) is 6.84. The number of aromatic carboxylic acids is 4. The first kappa shape index (κ1) is 31.6. The third-order valence-corrected chi connectivity index (χ3v) is 8.12. The van der Waals surface area contributed by atoms with Gasteiger partial charge >= 0.3 is 23.9 Å². The lowest BCUT2D eigenvalue weighted by molar-refractivity contribution is 0.0651. The summed E-state index contributed by atoms with van der Waals surface area (Å²) >= 11 is 0. The van der Waals surface area contributed by atoms with Gasteiger partial charge in [-0.05, 0) is 84.9 Å². The Kier molecular flexibility index (Phi) is 8.76. The number of carbonyl (C=O) groups excluding carboxylic acids is 2. The Morgan fingerprint density at radius 1 is 0.444 bits per heavy atom. The number of sulfone groups is 1. The maximum Gasteiger partial charge on any atom is 0.336 e. The van der Waals surface area contributed by atoms with Crippen molar-refractivity contribution in [2.75, 3.05) is 10.6 Å². The highest BCUT2D eigenvalue weighted by molar-refractivity contribution is 7.91. The quantitative estimate of drug-likeness (QED) is 0.146. The monoisotopic (exact) mass is 632 g/mol. The van der Waals surface area contributed by atoms with Crippen molar-refractivity contribution in [1.29, 1.82) is 0 Å². The molecule has 14 nitrogen and oxygen atoms in total. The van der Waals surface area contributed by atoms with Gasteiger partial charge in [-0.1, -0.05) is 0 Å². The van der Waals surface area contributed by atoms with Gasteiger partial charge in [0.25, 0.3) is 11.8 Å². The van der Waals surface area contributed by atoms with Gasteiger partial charge in [-0.25, -0.2) is 27.6 Å². The number of benzene rings is 4. The topological polar surface area (TPSA) is 242 Å². The van der Waals surface area contributed by atoms with Gasteiger partial charge in [-0.15, -0.1) is 0 Å². The predicted octanol–water partition coefficient (Wildman–Crippen LogP) is 3.82. The first-order valence-electron chi connectivity index (χ1n) is 12.5. The SMILES string of the molecule is O=C(Nc1ccc(S(=O)(=O)c2ccc(NC(=O)c3ccc(C(=O)O)c(C(=O)O)c3)cc2)cc1)c1ccc(C(=O)O)c(C(=O)O)c1. The summed E-state index contributed by atoms with van der Waals surface area (Å²) in [7, 11) is -4.06. The summed E-state index contributed by atoms with van der Waals surface area (Å²) in [6.45, 7) is 0. The van der Waals surface area contributed by atoms with E-state index in [-0.39, 0.29) is 32.3 Å². The standard InChI is InChI=1S/C30H20N2O12S/c33-25(15-1-11-21(27(35)36)23(13-15)29(39)40)31-17-3-7-19(8-4-17)45(43,44)20-9-5-18(6-10-20)32-26(34)16-2-12-22(28(37)38)24(14-16)30(41)42/h1-14H,(H,31,33)(H,32,34)(H,35,36)(H,37,38)(H,39,40)(H,41,42). The Morgan fingerprint density at radius 2 is 0.756 bits per heavy atom. The predicted molar refractivity (Wildman–Crippen MR) is 155 cm³/mol. The van der Waals surface area contributed by atoms with Gasteiger partial charge in [0, 0.05) is 22.5 Å². The molecule has 0 bridgehead atoms. The minimum Gasteiger partial charge on any atom is -0.478 e. The molecule has 0 unspecified atom stereocenters. The van der Waals surface area contributed by atoms with Crippen molar-refractivity contribution < 1.29 is 57.6 Å². The van der Waals surface area contributed by atoms with Gasteiger partial charge in [0.1, 0.15) is 0 Å². The maximum atomic E-state index is 13.1. The average Bonchev–Trinajstić information content (AvgIpc) is 3.00. The van der Waals surface area contributed by atoms with Gasteiger partial charge in [0.15, 0.2) is 0 Å². The van der Waals surface area contributed by atoms with E-state index in [1.54, 1.807) is 0 Å². The van der Waals surface area contributed by atoms with E-state index in [9.17, 15) is 47.4 Å². The van der Waals surface area contributed by atoms with E-state index in [2.05, 4.69) is 10.6 Å². The highest BCUT2D eigenvalue weighted by atomic mass is 32.2. The largest absolute Gasteiger partial charge is 0.478 e. The van der Waals surface area contributed by atoms with E-state index in [4.69, 9.17) is 10.2 Å². The molecule has 4 aromatic rings. The second-order valence-electron chi connectivity index (χ2n) is 9.20. The molecule has 0 atom stereocenters. The van der Waals surface area contributed by atoms with Crippen LogP contribution in [0, 0.1) is 0 Å². The highest BCUT2D eigenvalue weighted by Crippen LogP contribution is 2.25. The van der Waals surface area contributed by atoms with Crippen LogP contribution in [0.15, 0.2) is 94.7 Å². The van der Waals surface area contributed by atoms with Gasteiger partial charge in [-0.2, -0.15) is 0 Å². The number of carbonyl (C=O) groups is 6. The fourth-order valence-electron chi connectivity index (χ4n) is 4.08. The second kappa shape index (κ2) is 12.5. The molecule has 45 heavy (non-hydrogen) atoms. The number of amides is 2. The number of carboxylic acids is 4. The summed E-state index contributed by atoms with van der Waals surface area (Å²) in [6, 6.07) is 16.1. The molecular weight excluding hydrogens is 612 g/mol. The van der Waals surface area contributed by atoms with Crippen molar-refractivity contribution >= 4 is 56.9 Å². The molecule has 0 saturated heterocycles. The van der Waals surface area contributed by atoms with Crippen molar-refractivity contribution in [2.45, 2.75) is 9.79 Å². The van der Waals surface area contributed by atoms with Crippen LogP contribution >= 0.6 is 0 Å². The first-order valence-corrected chi connectivity index (χ1v) is 14.0. The number of nitrogens with one attached hydrogen (secondary N) is 2. The smallest absolute Gasteiger partial charge is 0.336 e. The molecule has 228 valence electrons. The van der Waals surface area contributed by atoms with Crippen LogP contribution in [-0.4, -0.2) is 64.5 Å². The molecule has 0 aliphatic carbocycles. The van der Waals surface area contributed by atoms with E-state index in [1.165, 1.54) is 48.5 Å². The van der Waals surface area contributed by atoms with Crippen molar-refractivity contribution in [2.24, 2.45) is 0 Å². The van der Waals surface area contributed by atoms with Crippen molar-refractivity contribution in [3.05, 3.63) is 118 Å². The zero-order valence-corrected chi connectivity index (χ0v) is 23.4. The Hall–Kier alpha value is -6.35. The lowest BCUT2D eigenvalue weighted by Gasteiger charge is -2.10. The molecule has 0 radical (unpaired) electrons. The molecule has 0 saturated carbocycles. The van der Waals surface area contributed by atoms with Crippen LogP contribution in [0.4, 0.5) is 11.4 Å². The maximum absolute atomic E-state index is 13.1. The van der Waals surface area contributed by atoms with Crippen LogP contribution in [0.2, 0.25) is 0 Å². The van der Waals surface area contributed by atoms with Gasteiger partial charge in [0.05, 0.1) is 32.0 Å². The van der Waals surface area contributed by atoms with Crippen LogP contribution in [0.1, 0.15) is 62.1 Å². The molecule has 6 N–H and O–H groups in total. The number of carboxylic acid groups (broad SMARTS) is 4. The highest BCUT2D eigenvalue weighted by Gasteiger charge is 2.21. The van der Waals surface area contributed by atoms with Crippen molar-refractivity contribution in [3.63, 3.8) is 0 Å². The molecule has 0 fully saturated rings. The van der Waals surface area contributed by atoms with Gasteiger partial charge in [-0.3, -0.25) is 9.59 Å². The number of rotatable bonds is 10. The van der Waals surface area contributed by atoms with Crippen LogP contribution in [0.5, 0.6) is 0 Å². The van der Waals surface area contributed by atoms with Crippen molar-refractivity contribution in [1.82, 2.24) is 0 Å². The van der Waals surface area contributed by atoms with Crippen LogP contribution in [0.25, 0.3) is 0 Å². The van der Waals surface area contributed by atoms with E-state index in [0.29, 0.717) is 0 Å². The Morgan fingerprint density at radius 3 is 1.04 bits per heavy atom. The fourth-order valence-corrected chi connectivity index (χ4v) is 5.34. The molecular formula is C30H20N2O12S. The molecule has 4 rings (SSSR count). The summed E-state index contributed by atoms with van der Waals surface area (Å²) < 4.78 is 26.3. The van der Waals surface area contributed by atoms with Crippen molar-refractivity contribution in [3.8, 4) is 0 Å². The summed E-state index contributed by atoms with van der Waals surface area (Å²) in [5, 5.41) is 41.7. The minimum atomic E-state index is -4.06. The normalized spacial score (nSPS) is 10.8. The summed E-state index contributed by atoms with van der Waals surface area (Å²) in [5.74, 6) is -7.55. The zero-order valence-electron chi connectivity index (χ0n) is 22.5. The molecule has 4 aromatic carbocycles. The Balaban J connectivity index is 1.46. The Bertz CT molecular complexity index is 1860. The molecule has 0 aromatic heterocycles. The van der Waals surface area contributed by atoms with E-state index in [0.717, 1.165) is 36.4 Å². The number of hydrogen-bond donors (Lipinski definition) is 6. The minimum absolute atomic E-state index is 0.138. The molecule has 15 heteroatoms. The van der Waals surface area contributed by atoms with Gasteiger partial charge < -0.3 is 31.1 Å². The summed E-state index contributed by atoms with van der Waals surface area (Å²) in [6.07, 6.45) is 0. The summed E-state index contributed by atoms with van der Waals surface area (Å²) in [4.78, 5) is 70.2. The average molecular weight is 633 g/mol. The van der Waals surface area contributed by atoms with E-state index < -0.39 is 67.8 Å². The summed E-state index contributed by atoms with van der Waals surface area (Å²) in [5.41, 5.74) is -2.09. The van der Waals surface area contributed by atoms with Crippen LogP contribution in [-0.2, 0) is 9.84 Å². The fraction of sp³-hybridized carbons (Fsp3) is 0. The van der Waals surface area contributed by atoms with Crippen LogP contribution < -0.4 is 10.6 Å². The number of anilines is 2. The molecule has 0 heterocycles. The molecule has 2 amide bonds.